The Morgan fingerprint density at radius 1 is 1.09 bits per heavy atom. The number of thioether (sulfide) groups is 1. The third-order valence-corrected chi connectivity index (χ3v) is 6.54. The number of rotatable bonds is 7. The van der Waals surface area contributed by atoms with Crippen LogP contribution >= 0.6 is 23.4 Å². The first-order chi connectivity index (χ1) is 16.3. The summed E-state index contributed by atoms with van der Waals surface area (Å²) in [6.07, 6.45) is 0. The van der Waals surface area contributed by atoms with Crippen LogP contribution in [0.15, 0.2) is 64.5 Å². The Kier molecular flexibility index (Phi) is 6.95. The quantitative estimate of drug-likeness (QED) is 0.391. The van der Waals surface area contributed by atoms with E-state index in [2.05, 4.69) is 15.5 Å². The number of hydrogen-bond donors (Lipinski definition) is 1. The van der Waals surface area contributed by atoms with E-state index < -0.39 is 0 Å². The zero-order valence-corrected chi connectivity index (χ0v) is 20.9. The van der Waals surface area contributed by atoms with E-state index in [0.29, 0.717) is 27.3 Å². The lowest BCUT2D eigenvalue weighted by Crippen LogP contribution is -2.31. The summed E-state index contributed by atoms with van der Waals surface area (Å²) in [6.45, 7) is 5.67. The number of para-hydroxylation sites is 1. The van der Waals surface area contributed by atoms with Crippen LogP contribution in [-0.2, 0) is 11.8 Å². The first kappa shape index (κ1) is 23.8. The molecule has 0 saturated heterocycles. The number of nitrogens with zero attached hydrogens (tertiary/aromatic N) is 5. The molecule has 4 aromatic rings. The molecule has 0 aliphatic carbocycles. The number of halogens is 1. The van der Waals surface area contributed by atoms with Crippen LogP contribution in [0, 0.1) is 6.92 Å². The number of carbonyl (C=O) groups excluding carboxylic acids is 1. The number of carbonyl (C=O) groups is 1. The van der Waals surface area contributed by atoms with E-state index in [1.54, 1.807) is 20.0 Å². The fraction of sp³-hybridized carbons (Fsp3) is 0.250. The van der Waals surface area contributed by atoms with Crippen molar-refractivity contribution in [2.45, 2.75) is 32.0 Å². The molecule has 2 aromatic carbocycles. The minimum Gasteiger partial charge on any atom is -0.353 e. The minimum atomic E-state index is -0.229. The Labute approximate surface area is 206 Å². The second-order valence-electron chi connectivity index (χ2n) is 8.04. The van der Waals surface area contributed by atoms with Crippen molar-refractivity contribution in [2.24, 2.45) is 7.05 Å². The van der Waals surface area contributed by atoms with Gasteiger partial charge < -0.3 is 5.32 Å². The van der Waals surface area contributed by atoms with Crippen molar-refractivity contribution >= 4 is 29.3 Å². The molecule has 0 saturated carbocycles. The highest BCUT2D eigenvalue weighted by atomic mass is 35.5. The van der Waals surface area contributed by atoms with Gasteiger partial charge in [-0.2, -0.15) is 0 Å². The summed E-state index contributed by atoms with van der Waals surface area (Å²) < 4.78 is 5.09. The number of benzene rings is 2. The van der Waals surface area contributed by atoms with Gasteiger partial charge in [0.1, 0.15) is 5.69 Å². The van der Waals surface area contributed by atoms with Gasteiger partial charge in [-0.1, -0.05) is 53.7 Å². The molecule has 1 amide bonds. The number of amides is 1. The van der Waals surface area contributed by atoms with Gasteiger partial charge in [0.15, 0.2) is 11.0 Å². The molecule has 1 N–H and O–H groups in total. The third-order valence-electron chi connectivity index (χ3n) is 5.28. The molecular formula is C24H25ClN6O2S. The molecule has 0 atom stereocenters. The van der Waals surface area contributed by atoms with Crippen molar-refractivity contribution in [3.63, 3.8) is 0 Å². The van der Waals surface area contributed by atoms with Crippen molar-refractivity contribution in [2.75, 3.05) is 5.75 Å². The normalized spacial score (nSPS) is 11.2. The van der Waals surface area contributed by atoms with Crippen LogP contribution in [0.1, 0.15) is 19.5 Å². The van der Waals surface area contributed by atoms with Gasteiger partial charge in [0, 0.05) is 18.7 Å². The molecule has 0 bridgehead atoms. The predicted octanol–water partition coefficient (Wildman–Crippen LogP) is 4.00. The van der Waals surface area contributed by atoms with Crippen molar-refractivity contribution in [3.05, 3.63) is 75.7 Å². The Bertz CT molecular complexity index is 1390. The van der Waals surface area contributed by atoms with E-state index in [9.17, 15) is 9.59 Å². The van der Waals surface area contributed by atoms with Crippen molar-refractivity contribution in [1.29, 1.82) is 0 Å². The Morgan fingerprint density at radius 2 is 1.76 bits per heavy atom. The molecule has 2 heterocycles. The Morgan fingerprint density at radius 3 is 2.44 bits per heavy atom. The molecule has 0 radical (unpaired) electrons. The van der Waals surface area contributed by atoms with Gasteiger partial charge >= 0.3 is 0 Å². The molecule has 0 fully saturated rings. The van der Waals surface area contributed by atoms with E-state index in [4.69, 9.17) is 11.6 Å². The summed E-state index contributed by atoms with van der Waals surface area (Å²) >= 11 is 7.70. The van der Waals surface area contributed by atoms with Gasteiger partial charge in [-0.15, -0.1) is 10.2 Å². The average Bonchev–Trinajstić information content (AvgIpc) is 3.30. The fourth-order valence-electron chi connectivity index (χ4n) is 3.69. The molecule has 0 spiro atoms. The minimum absolute atomic E-state index is 0.0269. The van der Waals surface area contributed by atoms with Crippen LogP contribution < -0.4 is 10.9 Å². The van der Waals surface area contributed by atoms with Crippen LogP contribution in [0.3, 0.4) is 0 Å². The van der Waals surface area contributed by atoms with Crippen LogP contribution in [0.4, 0.5) is 0 Å². The van der Waals surface area contributed by atoms with Crippen molar-refractivity contribution in [3.8, 4) is 22.8 Å². The lowest BCUT2D eigenvalue weighted by Gasteiger charge is -2.11. The lowest BCUT2D eigenvalue weighted by atomic mass is 10.2. The maximum Gasteiger partial charge on any atom is 0.296 e. The highest BCUT2D eigenvalue weighted by Gasteiger charge is 2.26. The zero-order chi connectivity index (χ0) is 24.4. The average molecular weight is 497 g/mol. The highest BCUT2D eigenvalue weighted by Crippen LogP contribution is 2.32. The summed E-state index contributed by atoms with van der Waals surface area (Å²) in [4.78, 5) is 26.1. The molecule has 34 heavy (non-hydrogen) atoms. The van der Waals surface area contributed by atoms with Crippen LogP contribution in [0.2, 0.25) is 5.02 Å². The summed E-state index contributed by atoms with van der Waals surface area (Å²) in [5.41, 5.74) is 2.27. The molecule has 8 nitrogen and oxygen atoms in total. The smallest absolute Gasteiger partial charge is 0.296 e. The molecular weight excluding hydrogens is 472 g/mol. The van der Waals surface area contributed by atoms with Gasteiger partial charge in [0.05, 0.1) is 22.2 Å². The van der Waals surface area contributed by atoms with Crippen LogP contribution in [0.5, 0.6) is 0 Å². The second kappa shape index (κ2) is 9.90. The largest absolute Gasteiger partial charge is 0.353 e. The van der Waals surface area contributed by atoms with E-state index >= 15 is 0 Å². The van der Waals surface area contributed by atoms with Gasteiger partial charge in [-0.3, -0.25) is 18.8 Å². The van der Waals surface area contributed by atoms with E-state index in [-0.39, 0.29) is 23.3 Å². The standard InChI is InChI=1S/C24H25ClN6O2S/c1-15(2)26-20(32)14-34-24-28-27-22(18-12-8-9-13-19(18)25)30(24)21-16(3)29(4)31(23(21)33)17-10-6-5-7-11-17/h5-13,15H,14H2,1-4H3,(H,26,32). The van der Waals surface area contributed by atoms with Crippen molar-refractivity contribution in [1.82, 2.24) is 29.4 Å². The number of nitrogens with one attached hydrogen (secondary N) is 1. The van der Waals surface area contributed by atoms with Crippen LogP contribution in [-0.4, -0.2) is 41.8 Å². The molecule has 4 rings (SSSR count). The lowest BCUT2D eigenvalue weighted by molar-refractivity contribution is -0.119. The number of hydrogen-bond acceptors (Lipinski definition) is 5. The number of aromatic nitrogens is 5. The van der Waals surface area contributed by atoms with Crippen LogP contribution in [0.25, 0.3) is 22.8 Å². The molecule has 0 aliphatic rings. The molecule has 10 heteroatoms. The van der Waals surface area contributed by atoms with E-state index in [1.165, 1.54) is 11.8 Å². The highest BCUT2D eigenvalue weighted by molar-refractivity contribution is 7.99. The maximum atomic E-state index is 13.8. The monoisotopic (exact) mass is 496 g/mol. The molecule has 0 unspecified atom stereocenters. The first-order valence-electron chi connectivity index (χ1n) is 10.8. The maximum absolute atomic E-state index is 13.8. The molecule has 2 aromatic heterocycles. The van der Waals surface area contributed by atoms with Crippen molar-refractivity contribution < 1.29 is 4.79 Å². The summed E-state index contributed by atoms with van der Waals surface area (Å²) in [5, 5.41) is 12.5. The second-order valence-corrected chi connectivity index (χ2v) is 9.39. The summed E-state index contributed by atoms with van der Waals surface area (Å²) in [6, 6.07) is 16.7. The molecule has 176 valence electrons. The SMILES string of the molecule is Cc1c(-n2c(SCC(=O)NC(C)C)nnc2-c2ccccc2Cl)c(=O)n(-c2ccccc2)n1C. The molecule has 0 aliphatic heterocycles. The summed E-state index contributed by atoms with van der Waals surface area (Å²) in [5.74, 6) is 0.445. The fourth-order valence-corrected chi connectivity index (χ4v) is 4.66. The third kappa shape index (κ3) is 4.53. The Hall–Kier alpha value is -3.30. The van der Waals surface area contributed by atoms with Gasteiger partial charge in [0.2, 0.25) is 5.91 Å². The predicted molar refractivity (Wildman–Crippen MR) is 135 cm³/mol. The van der Waals surface area contributed by atoms with Gasteiger partial charge in [-0.25, -0.2) is 4.68 Å². The van der Waals surface area contributed by atoms with Gasteiger partial charge in [0.25, 0.3) is 5.56 Å². The zero-order valence-electron chi connectivity index (χ0n) is 19.3. The first-order valence-corrected chi connectivity index (χ1v) is 12.1. The van der Waals surface area contributed by atoms with E-state index in [0.717, 1.165) is 11.4 Å². The van der Waals surface area contributed by atoms with E-state index in [1.807, 2.05) is 76.3 Å². The Balaban J connectivity index is 1.90. The van der Waals surface area contributed by atoms with Gasteiger partial charge in [-0.05, 0) is 45.0 Å². The topological polar surface area (TPSA) is 86.7 Å². The summed E-state index contributed by atoms with van der Waals surface area (Å²) in [7, 11) is 1.83.